The average Bonchev–Trinajstić information content (AvgIpc) is 2.84. The number of rotatable bonds is 2. The first-order chi connectivity index (χ1) is 7.24. The molecule has 1 atom stereocenters. The zero-order valence-electron chi connectivity index (χ0n) is 8.15. The summed E-state index contributed by atoms with van der Waals surface area (Å²) in [7, 11) is 0. The summed E-state index contributed by atoms with van der Waals surface area (Å²) in [6, 6.07) is 1.88. The maximum atomic E-state index is 12.1. The molecule has 82 valence electrons. The summed E-state index contributed by atoms with van der Waals surface area (Å²) >= 11 is 4.79. The van der Waals surface area contributed by atoms with E-state index in [9.17, 15) is 4.79 Å². The fourth-order valence-corrected chi connectivity index (χ4v) is 3.37. The van der Waals surface area contributed by atoms with Gasteiger partial charge in [0.25, 0.3) is 5.91 Å². The van der Waals surface area contributed by atoms with Crippen LogP contribution in [0.4, 0.5) is 0 Å². The van der Waals surface area contributed by atoms with Gasteiger partial charge in [-0.2, -0.15) is 0 Å². The van der Waals surface area contributed by atoms with Crippen LogP contribution in [0.25, 0.3) is 0 Å². The van der Waals surface area contributed by atoms with Gasteiger partial charge in [-0.1, -0.05) is 0 Å². The number of aliphatic hydroxyl groups is 1. The molecule has 1 N–H and O–H groups in total. The normalized spacial score (nSPS) is 20.9. The Labute approximate surface area is 101 Å². The molecule has 0 bridgehead atoms. The van der Waals surface area contributed by atoms with E-state index < -0.39 is 0 Å². The van der Waals surface area contributed by atoms with Crippen LogP contribution in [0.5, 0.6) is 0 Å². The van der Waals surface area contributed by atoms with Gasteiger partial charge in [0.15, 0.2) is 0 Å². The lowest BCUT2D eigenvalue weighted by Crippen LogP contribution is -2.37. The lowest BCUT2D eigenvalue weighted by Gasteiger charge is -2.22. The zero-order valence-corrected chi connectivity index (χ0v) is 10.6. The second-order valence-electron chi connectivity index (χ2n) is 3.57. The minimum Gasteiger partial charge on any atom is -0.394 e. The average molecular weight is 290 g/mol. The molecule has 1 fully saturated rings. The van der Waals surface area contributed by atoms with Gasteiger partial charge in [-0.3, -0.25) is 4.79 Å². The molecule has 1 saturated heterocycles. The number of hydrogen-bond donors (Lipinski definition) is 1. The van der Waals surface area contributed by atoms with Crippen LogP contribution in [-0.4, -0.2) is 35.1 Å². The van der Waals surface area contributed by atoms with Gasteiger partial charge >= 0.3 is 0 Å². The van der Waals surface area contributed by atoms with Crippen LogP contribution in [-0.2, 0) is 0 Å². The van der Waals surface area contributed by atoms with Crippen molar-refractivity contribution in [1.29, 1.82) is 0 Å². The molecule has 0 spiro atoms. The monoisotopic (exact) mass is 289 g/mol. The van der Waals surface area contributed by atoms with E-state index >= 15 is 0 Å². The third kappa shape index (κ3) is 2.09. The lowest BCUT2D eigenvalue weighted by atomic mass is 10.2. The maximum absolute atomic E-state index is 12.1. The summed E-state index contributed by atoms with van der Waals surface area (Å²) < 4.78 is 0.848. The van der Waals surface area contributed by atoms with Gasteiger partial charge in [-0.25, -0.2) is 0 Å². The van der Waals surface area contributed by atoms with Gasteiger partial charge in [-0.15, -0.1) is 11.3 Å². The molecule has 0 aromatic carbocycles. The number of thiophene rings is 1. The molecule has 2 heterocycles. The van der Waals surface area contributed by atoms with Crippen LogP contribution >= 0.6 is 27.3 Å². The van der Waals surface area contributed by atoms with Crippen LogP contribution in [0.1, 0.15) is 22.5 Å². The first-order valence-electron chi connectivity index (χ1n) is 4.89. The molecule has 1 amide bonds. The lowest BCUT2D eigenvalue weighted by molar-refractivity contribution is 0.0681. The van der Waals surface area contributed by atoms with Gasteiger partial charge in [0.2, 0.25) is 0 Å². The minimum absolute atomic E-state index is 0.00602. The molecular formula is C10H12BrNO2S. The second kappa shape index (κ2) is 4.63. The van der Waals surface area contributed by atoms with E-state index in [-0.39, 0.29) is 18.6 Å². The molecule has 1 aliphatic rings. The highest BCUT2D eigenvalue weighted by Crippen LogP contribution is 2.27. The highest BCUT2D eigenvalue weighted by atomic mass is 79.9. The van der Waals surface area contributed by atoms with Crippen molar-refractivity contribution in [2.24, 2.45) is 0 Å². The molecule has 1 aromatic rings. The summed E-state index contributed by atoms with van der Waals surface area (Å²) in [6.45, 7) is 0.823. The van der Waals surface area contributed by atoms with Crippen molar-refractivity contribution in [1.82, 2.24) is 4.90 Å². The van der Waals surface area contributed by atoms with Crippen LogP contribution in [0, 0.1) is 0 Å². The number of nitrogens with zero attached hydrogens (tertiary/aromatic N) is 1. The van der Waals surface area contributed by atoms with Gasteiger partial charge in [-0.05, 0) is 40.2 Å². The second-order valence-corrected chi connectivity index (χ2v) is 5.35. The van der Waals surface area contributed by atoms with E-state index in [1.807, 2.05) is 11.4 Å². The van der Waals surface area contributed by atoms with Crippen molar-refractivity contribution in [3.05, 3.63) is 20.8 Å². The third-order valence-corrected chi connectivity index (χ3v) is 4.49. The number of aliphatic hydroxyl groups excluding tert-OH is 1. The molecule has 0 saturated carbocycles. The van der Waals surface area contributed by atoms with Crippen LogP contribution in [0.15, 0.2) is 15.9 Å². The van der Waals surface area contributed by atoms with Crippen molar-refractivity contribution >= 4 is 33.2 Å². The molecule has 15 heavy (non-hydrogen) atoms. The minimum atomic E-state index is 0.00602. The van der Waals surface area contributed by atoms with Crippen molar-refractivity contribution in [3.8, 4) is 0 Å². The topological polar surface area (TPSA) is 40.5 Å². The molecule has 0 radical (unpaired) electrons. The number of amides is 1. The standard InChI is InChI=1S/C10H12BrNO2S/c11-8-3-5-15-9(8)10(14)12-4-1-2-7(12)6-13/h3,5,7,13H,1-2,4,6H2/t7-/m1/s1. The van der Waals surface area contributed by atoms with Crippen molar-refractivity contribution in [2.45, 2.75) is 18.9 Å². The smallest absolute Gasteiger partial charge is 0.265 e. The van der Waals surface area contributed by atoms with Gasteiger partial charge in [0.1, 0.15) is 4.88 Å². The molecule has 1 aliphatic heterocycles. The number of likely N-dealkylation sites (tertiary alicyclic amines) is 1. The molecule has 2 rings (SSSR count). The Bertz CT molecular complexity index is 366. The fraction of sp³-hybridized carbons (Fsp3) is 0.500. The zero-order chi connectivity index (χ0) is 10.8. The van der Waals surface area contributed by atoms with Crippen molar-refractivity contribution in [2.75, 3.05) is 13.2 Å². The Morgan fingerprint density at radius 1 is 1.73 bits per heavy atom. The predicted molar refractivity (Wildman–Crippen MR) is 63.2 cm³/mol. The summed E-state index contributed by atoms with van der Waals surface area (Å²) in [6.07, 6.45) is 1.89. The molecule has 0 aliphatic carbocycles. The van der Waals surface area contributed by atoms with Crippen molar-refractivity contribution < 1.29 is 9.90 Å². The fourth-order valence-electron chi connectivity index (χ4n) is 1.87. The SMILES string of the molecule is O=C(c1sccc1Br)N1CCC[C@@H]1CO. The molecule has 5 heteroatoms. The summed E-state index contributed by atoms with van der Waals surface area (Å²) in [4.78, 5) is 14.6. The summed E-state index contributed by atoms with van der Waals surface area (Å²) in [5, 5.41) is 11.0. The van der Waals surface area contributed by atoms with Crippen LogP contribution in [0.2, 0.25) is 0 Å². The first kappa shape index (κ1) is 11.1. The van der Waals surface area contributed by atoms with E-state index in [0.29, 0.717) is 0 Å². The Hall–Kier alpha value is -0.390. The Kier molecular flexibility index (Phi) is 3.43. The van der Waals surface area contributed by atoms with Gasteiger partial charge < -0.3 is 10.0 Å². The Balaban J connectivity index is 2.18. The Morgan fingerprint density at radius 2 is 2.53 bits per heavy atom. The van der Waals surface area contributed by atoms with Gasteiger partial charge in [0, 0.05) is 11.0 Å². The maximum Gasteiger partial charge on any atom is 0.265 e. The van der Waals surface area contributed by atoms with E-state index in [1.165, 1.54) is 11.3 Å². The summed E-state index contributed by atoms with van der Waals surface area (Å²) in [5.74, 6) is 0.0356. The molecular weight excluding hydrogens is 278 g/mol. The highest BCUT2D eigenvalue weighted by Gasteiger charge is 2.30. The Morgan fingerprint density at radius 3 is 3.13 bits per heavy atom. The summed E-state index contributed by atoms with van der Waals surface area (Å²) in [5.41, 5.74) is 0. The van der Waals surface area contributed by atoms with E-state index in [4.69, 9.17) is 5.11 Å². The molecule has 1 aromatic heterocycles. The van der Waals surface area contributed by atoms with Crippen LogP contribution in [0.3, 0.4) is 0 Å². The number of carbonyl (C=O) groups is 1. The third-order valence-electron chi connectivity index (χ3n) is 2.66. The van der Waals surface area contributed by atoms with Gasteiger partial charge in [0.05, 0.1) is 12.6 Å². The van der Waals surface area contributed by atoms with E-state index in [2.05, 4.69) is 15.9 Å². The molecule has 0 unspecified atom stereocenters. The highest BCUT2D eigenvalue weighted by molar-refractivity contribution is 9.10. The van der Waals surface area contributed by atoms with Crippen molar-refractivity contribution in [3.63, 3.8) is 0 Å². The van der Waals surface area contributed by atoms with E-state index in [0.717, 1.165) is 28.7 Å². The largest absolute Gasteiger partial charge is 0.394 e. The first-order valence-corrected chi connectivity index (χ1v) is 6.56. The predicted octanol–water partition coefficient (Wildman–Crippen LogP) is 2.11. The van der Waals surface area contributed by atoms with Crippen LogP contribution < -0.4 is 0 Å². The molecule has 3 nitrogen and oxygen atoms in total. The number of hydrogen-bond acceptors (Lipinski definition) is 3. The quantitative estimate of drug-likeness (QED) is 0.906. The van der Waals surface area contributed by atoms with E-state index in [1.54, 1.807) is 4.90 Å². The number of carbonyl (C=O) groups excluding carboxylic acids is 1. The number of halogens is 1.